The van der Waals surface area contributed by atoms with E-state index < -0.39 is 0 Å². The third kappa shape index (κ3) is 2.22. The molecule has 0 unspecified atom stereocenters. The Kier molecular flexibility index (Phi) is 4.05. The lowest BCUT2D eigenvalue weighted by Gasteiger charge is -2.64. The van der Waals surface area contributed by atoms with Gasteiger partial charge in [-0.15, -0.1) is 0 Å². The third-order valence-corrected chi connectivity index (χ3v) is 9.22. The zero-order valence-corrected chi connectivity index (χ0v) is 16.0. The van der Waals surface area contributed by atoms with Crippen LogP contribution in [0.1, 0.15) is 65.2 Å². The summed E-state index contributed by atoms with van der Waals surface area (Å²) in [6.45, 7) is 4.71. The largest absolute Gasteiger partial charge is 0.469 e. The van der Waals surface area contributed by atoms with Crippen molar-refractivity contribution < 1.29 is 19.7 Å². The molecule has 2 bridgehead atoms. The van der Waals surface area contributed by atoms with Crippen LogP contribution in [0.15, 0.2) is 0 Å². The van der Waals surface area contributed by atoms with Gasteiger partial charge in [-0.05, 0) is 86.4 Å². The van der Waals surface area contributed by atoms with Gasteiger partial charge in [-0.3, -0.25) is 4.79 Å². The van der Waals surface area contributed by atoms with Crippen molar-refractivity contribution in [1.82, 2.24) is 0 Å². The molecule has 4 nitrogen and oxygen atoms in total. The molecule has 25 heavy (non-hydrogen) atoms. The summed E-state index contributed by atoms with van der Waals surface area (Å²) in [5.41, 5.74) is -0.0210. The lowest BCUT2D eigenvalue weighted by Crippen LogP contribution is -2.59. The van der Waals surface area contributed by atoms with Gasteiger partial charge < -0.3 is 14.9 Å². The number of rotatable bonds is 2. The predicted molar refractivity (Wildman–Crippen MR) is 94.7 cm³/mol. The van der Waals surface area contributed by atoms with Crippen LogP contribution >= 0.6 is 0 Å². The summed E-state index contributed by atoms with van der Waals surface area (Å²) < 4.78 is 5.22. The van der Waals surface area contributed by atoms with Crippen LogP contribution in [0, 0.1) is 39.9 Å². The molecular formula is C21H34O4. The fraction of sp³-hybridized carbons (Fsp3) is 0.952. The molecule has 4 heteroatoms. The normalized spacial score (nSPS) is 54.5. The van der Waals surface area contributed by atoms with E-state index in [2.05, 4.69) is 13.8 Å². The maximum atomic E-state index is 12.7. The summed E-state index contributed by atoms with van der Waals surface area (Å²) in [6.07, 6.45) is 8.05. The third-order valence-electron chi connectivity index (χ3n) is 9.22. The van der Waals surface area contributed by atoms with Crippen molar-refractivity contribution in [2.45, 2.75) is 71.3 Å². The van der Waals surface area contributed by atoms with E-state index in [1.165, 1.54) is 7.11 Å². The Morgan fingerprint density at radius 1 is 1.16 bits per heavy atom. The SMILES string of the molecule is COC(=O)[C@]1(C)CCC[C@@]2(C)[C@@H]3C[C@@H](O)[C@@H]4C[C@@]3(CC[C@@H]21)C[C@H]4CO. The minimum absolute atomic E-state index is 0.0479. The van der Waals surface area contributed by atoms with Crippen LogP contribution in [0.25, 0.3) is 0 Å². The van der Waals surface area contributed by atoms with Gasteiger partial charge in [0.25, 0.3) is 0 Å². The quantitative estimate of drug-likeness (QED) is 0.751. The van der Waals surface area contributed by atoms with Crippen LogP contribution in [0.4, 0.5) is 0 Å². The number of esters is 1. The number of carbonyl (C=O) groups is 1. The highest BCUT2D eigenvalue weighted by Crippen LogP contribution is 2.72. The van der Waals surface area contributed by atoms with Crippen molar-refractivity contribution in [3.8, 4) is 0 Å². The average molecular weight is 350 g/mol. The lowest BCUT2D eigenvalue weighted by molar-refractivity contribution is -0.189. The Balaban J connectivity index is 1.72. The lowest BCUT2D eigenvalue weighted by atomic mass is 9.41. The number of aliphatic hydroxyl groups is 2. The first-order valence-corrected chi connectivity index (χ1v) is 10.2. The molecule has 0 radical (unpaired) electrons. The van der Waals surface area contributed by atoms with E-state index >= 15 is 0 Å². The van der Waals surface area contributed by atoms with Gasteiger partial charge in [0.1, 0.15) is 0 Å². The van der Waals surface area contributed by atoms with Gasteiger partial charge in [0.2, 0.25) is 0 Å². The monoisotopic (exact) mass is 350 g/mol. The highest BCUT2D eigenvalue weighted by Gasteiger charge is 2.67. The molecule has 0 aromatic heterocycles. The number of fused-ring (bicyclic) bond motifs is 3. The fourth-order valence-electron chi connectivity index (χ4n) is 8.23. The van der Waals surface area contributed by atoms with Crippen molar-refractivity contribution in [1.29, 1.82) is 0 Å². The van der Waals surface area contributed by atoms with E-state index in [-0.39, 0.29) is 46.8 Å². The molecule has 4 rings (SSSR count). The fourth-order valence-corrected chi connectivity index (χ4v) is 8.23. The summed E-state index contributed by atoms with van der Waals surface area (Å²) in [4.78, 5) is 12.7. The van der Waals surface area contributed by atoms with Crippen LogP contribution < -0.4 is 0 Å². The van der Waals surface area contributed by atoms with Crippen molar-refractivity contribution in [3.05, 3.63) is 0 Å². The smallest absolute Gasteiger partial charge is 0.311 e. The van der Waals surface area contributed by atoms with Gasteiger partial charge >= 0.3 is 5.97 Å². The molecule has 2 N–H and O–H groups in total. The number of methoxy groups -OCH3 is 1. The Bertz CT molecular complexity index is 558. The van der Waals surface area contributed by atoms with Gasteiger partial charge in [-0.25, -0.2) is 0 Å². The van der Waals surface area contributed by atoms with Gasteiger partial charge in [0, 0.05) is 6.61 Å². The van der Waals surface area contributed by atoms with E-state index in [1.807, 2.05) is 0 Å². The molecular weight excluding hydrogens is 316 g/mol. The maximum Gasteiger partial charge on any atom is 0.311 e. The molecule has 0 aliphatic heterocycles. The molecule has 0 amide bonds. The molecule has 0 saturated heterocycles. The van der Waals surface area contributed by atoms with E-state index in [9.17, 15) is 15.0 Å². The number of hydrogen-bond donors (Lipinski definition) is 2. The Hall–Kier alpha value is -0.610. The highest BCUT2D eigenvalue weighted by molar-refractivity contribution is 5.77. The molecule has 4 saturated carbocycles. The van der Waals surface area contributed by atoms with Gasteiger partial charge in [-0.2, -0.15) is 0 Å². The summed E-state index contributed by atoms with van der Waals surface area (Å²) in [5, 5.41) is 20.7. The van der Waals surface area contributed by atoms with Gasteiger partial charge in [-0.1, -0.05) is 13.3 Å². The minimum atomic E-state index is -0.389. The molecule has 8 atom stereocenters. The van der Waals surface area contributed by atoms with Crippen LogP contribution in [0.3, 0.4) is 0 Å². The predicted octanol–water partition coefficient (Wildman–Crippen LogP) is 3.15. The highest BCUT2D eigenvalue weighted by atomic mass is 16.5. The summed E-state index contributed by atoms with van der Waals surface area (Å²) in [7, 11) is 1.52. The molecule has 0 aromatic rings. The van der Waals surface area contributed by atoms with Crippen molar-refractivity contribution in [2.24, 2.45) is 39.9 Å². The second-order valence-corrected chi connectivity index (χ2v) is 10.1. The summed E-state index contributed by atoms with van der Waals surface area (Å²) >= 11 is 0. The van der Waals surface area contributed by atoms with Crippen molar-refractivity contribution in [3.63, 3.8) is 0 Å². The van der Waals surface area contributed by atoms with E-state index in [1.54, 1.807) is 0 Å². The van der Waals surface area contributed by atoms with Gasteiger partial charge in [0.05, 0.1) is 18.6 Å². The van der Waals surface area contributed by atoms with Crippen LogP contribution in [-0.2, 0) is 9.53 Å². The number of aliphatic hydroxyl groups excluding tert-OH is 2. The van der Waals surface area contributed by atoms with Crippen molar-refractivity contribution in [2.75, 3.05) is 13.7 Å². The summed E-state index contributed by atoms with van der Waals surface area (Å²) in [6, 6.07) is 0. The van der Waals surface area contributed by atoms with Crippen LogP contribution in [-0.4, -0.2) is 36.0 Å². The maximum absolute atomic E-state index is 12.7. The average Bonchev–Trinajstić information content (AvgIpc) is 2.91. The molecule has 4 aliphatic rings. The van der Waals surface area contributed by atoms with E-state index in [4.69, 9.17) is 4.74 Å². The van der Waals surface area contributed by atoms with Crippen LogP contribution in [0.2, 0.25) is 0 Å². The van der Waals surface area contributed by atoms with E-state index in [0.29, 0.717) is 11.8 Å². The second-order valence-electron chi connectivity index (χ2n) is 10.1. The molecule has 0 heterocycles. The zero-order valence-electron chi connectivity index (χ0n) is 16.0. The first kappa shape index (κ1) is 17.8. The number of carbonyl (C=O) groups excluding carboxylic acids is 1. The standard InChI is InChI=1S/C21H34O4/c1-19-6-4-7-20(2,18(24)25-3)16(19)5-8-21-10-13(12-22)14(11-21)15(23)9-17(19)21/h13-17,22-23H,4-12H2,1-3H3/t13-,14+,15+,16-,17-,19+,20+,21+/m0/s1. The van der Waals surface area contributed by atoms with Crippen LogP contribution in [0.5, 0.6) is 0 Å². The molecule has 4 aliphatic carbocycles. The van der Waals surface area contributed by atoms with E-state index in [0.717, 1.165) is 51.4 Å². The molecule has 4 fully saturated rings. The Morgan fingerprint density at radius 2 is 1.92 bits per heavy atom. The topological polar surface area (TPSA) is 66.8 Å². The van der Waals surface area contributed by atoms with Crippen molar-refractivity contribution >= 4 is 5.97 Å². The summed E-state index contributed by atoms with van der Waals surface area (Å²) in [5.74, 6) is 1.29. The second kappa shape index (κ2) is 5.69. The Morgan fingerprint density at radius 3 is 2.60 bits per heavy atom. The molecule has 0 aromatic carbocycles. The first-order chi connectivity index (χ1) is 11.8. The van der Waals surface area contributed by atoms with Gasteiger partial charge in [0.15, 0.2) is 0 Å². The number of ether oxygens (including phenoxy) is 1. The first-order valence-electron chi connectivity index (χ1n) is 10.2. The molecule has 1 spiro atoms. The minimum Gasteiger partial charge on any atom is -0.469 e. The Labute approximate surface area is 151 Å². The zero-order chi connectivity index (χ0) is 18.0. The molecule has 142 valence electrons. The number of hydrogen-bond acceptors (Lipinski definition) is 4.